The summed E-state index contributed by atoms with van der Waals surface area (Å²) in [5, 5.41) is 16.2. The second kappa shape index (κ2) is 6.19. The number of rotatable bonds is 4. The molecule has 0 bridgehead atoms. The lowest BCUT2D eigenvalue weighted by Crippen LogP contribution is -2.33. The van der Waals surface area contributed by atoms with Crippen LogP contribution in [0.15, 0.2) is 4.52 Å². The van der Waals surface area contributed by atoms with Gasteiger partial charge >= 0.3 is 0 Å². The molecule has 0 aromatic carbocycles. The van der Waals surface area contributed by atoms with Crippen molar-refractivity contribution in [3.8, 4) is 0 Å². The van der Waals surface area contributed by atoms with Crippen LogP contribution < -0.4 is 5.32 Å². The van der Waals surface area contributed by atoms with Gasteiger partial charge in [-0.3, -0.25) is 4.79 Å². The zero-order valence-electron chi connectivity index (χ0n) is 11.6. The lowest BCUT2D eigenvalue weighted by atomic mass is 9.87. The fraction of sp³-hybridized carbons (Fsp3) is 0.714. The maximum Gasteiger partial charge on any atom is 0.224 e. The lowest BCUT2D eigenvalue weighted by Gasteiger charge is -2.25. The number of aryl methyl sites for hydroxylation is 2. The van der Waals surface area contributed by atoms with Gasteiger partial charge in [0, 0.05) is 12.1 Å². The molecule has 5 heteroatoms. The summed E-state index contributed by atoms with van der Waals surface area (Å²) >= 11 is 0. The van der Waals surface area contributed by atoms with E-state index in [2.05, 4.69) is 10.5 Å². The molecule has 0 saturated heterocycles. The molecule has 1 fully saturated rings. The number of amides is 1. The molecule has 1 aliphatic carbocycles. The van der Waals surface area contributed by atoms with Gasteiger partial charge in [-0.15, -0.1) is 0 Å². The Bertz CT molecular complexity index is 414. The molecule has 1 aliphatic rings. The average molecular weight is 266 g/mol. The van der Waals surface area contributed by atoms with Crippen molar-refractivity contribution < 1.29 is 14.4 Å². The molecule has 0 aliphatic heterocycles. The van der Waals surface area contributed by atoms with E-state index in [1.165, 1.54) is 0 Å². The zero-order valence-corrected chi connectivity index (χ0v) is 11.6. The quantitative estimate of drug-likeness (QED) is 0.866. The fourth-order valence-corrected chi connectivity index (χ4v) is 2.58. The van der Waals surface area contributed by atoms with E-state index in [0.717, 1.165) is 36.9 Å². The van der Waals surface area contributed by atoms with E-state index in [9.17, 15) is 9.90 Å². The Kier molecular flexibility index (Phi) is 4.58. The van der Waals surface area contributed by atoms with E-state index >= 15 is 0 Å². The molecule has 2 N–H and O–H groups in total. The van der Waals surface area contributed by atoms with Gasteiger partial charge in [0.05, 0.1) is 18.2 Å². The topological polar surface area (TPSA) is 75.4 Å². The highest BCUT2D eigenvalue weighted by Crippen LogP contribution is 2.23. The van der Waals surface area contributed by atoms with Crippen molar-refractivity contribution in [2.75, 3.05) is 6.54 Å². The minimum absolute atomic E-state index is 0.0144. The highest BCUT2D eigenvalue weighted by atomic mass is 16.5. The molecular formula is C14H22N2O3. The number of nitrogens with zero attached hydrogens (tertiary/aromatic N) is 1. The van der Waals surface area contributed by atoms with E-state index in [-0.39, 0.29) is 12.0 Å². The largest absolute Gasteiger partial charge is 0.393 e. The molecule has 19 heavy (non-hydrogen) atoms. The molecule has 0 spiro atoms. The maximum atomic E-state index is 11.9. The minimum atomic E-state index is -0.144. The van der Waals surface area contributed by atoms with Crippen LogP contribution in [0, 0.1) is 19.8 Å². The molecule has 2 rings (SSSR count). The summed E-state index contributed by atoms with van der Waals surface area (Å²) in [4.78, 5) is 11.9. The number of aromatic nitrogens is 1. The van der Waals surface area contributed by atoms with Gasteiger partial charge in [-0.1, -0.05) is 5.16 Å². The van der Waals surface area contributed by atoms with E-state index < -0.39 is 0 Å². The van der Waals surface area contributed by atoms with E-state index in [4.69, 9.17) is 4.52 Å². The SMILES string of the molecule is Cc1noc(C)c1CC(=O)NCC1CCC(O)CC1. The van der Waals surface area contributed by atoms with Crippen LogP contribution in [0.4, 0.5) is 0 Å². The fourth-order valence-electron chi connectivity index (χ4n) is 2.58. The van der Waals surface area contributed by atoms with Crippen molar-refractivity contribution in [2.24, 2.45) is 5.92 Å². The van der Waals surface area contributed by atoms with Crippen molar-refractivity contribution in [1.29, 1.82) is 0 Å². The van der Waals surface area contributed by atoms with Gasteiger partial charge in [0.15, 0.2) is 0 Å². The van der Waals surface area contributed by atoms with Gasteiger partial charge in [-0.05, 0) is 45.4 Å². The molecule has 5 nitrogen and oxygen atoms in total. The van der Waals surface area contributed by atoms with Gasteiger partial charge in [0.2, 0.25) is 5.91 Å². The Morgan fingerprint density at radius 1 is 1.37 bits per heavy atom. The third-order valence-electron chi connectivity index (χ3n) is 3.92. The first kappa shape index (κ1) is 14.1. The molecule has 0 atom stereocenters. The maximum absolute atomic E-state index is 11.9. The Hall–Kier alpha value is -1.36. The van der Waals surface area contributed by atoms with E-state index in [1.54, 1.807) is 0 Å². The third-order valence-corrected chi connectivity index (χ3v) is 3.92. The van der Waals surface area contributed by atoms with Crippen LogP contribution in [0.2, 0.25) is 0 Å². The van der Waals surface area contributed by atoms with E-state index in [0.29, 0.717) is 24.6 Å². The Balaban J connectivity index is 1.76. The molecule has 1 amide bonds. The van der Waals surface area contributed by atoms with E-state index in [1.807, 2.05) is 13.8 Å². The van der Waals surface area contributed by atoms with Gasteiger partial charge in [-0.2, -0.15) is 0 Å². The monoisotopic (exact) mass is 266 g/mol. The minimum Gasteiger partial charge on any atom is -0.393 e. The summed E-state index contributed by atoms with van der Waals surface area (Å²) < 4.78 is 5.04. The van der Waals surface area contributed by atoms with Crippen LogP contribution in [-0.2, 0) is 11.2 Å². The summed E-state index contributed by atoms with van der Waals surface area (Å²) in [6.07, 6.45) is 3.87. The number of hydrogen-bond acceptors (Lipinski definition) is 4. The Labute approximate surface area is 113 Å². The highest BCUT2D eigenvalue weighted by molar-refractivity contribution is 5.78. The second-order valence-electron chi connectivity index (χ2n) is 5.46. The number of carbonyl (C=O) groups excluding carboxylic acids is 1. The van der Waals surface area contributed by atoms with Crippen molar-refractivity contribution in [3.05, 3.63) is 17.0 Å². The molecule has 106 valence electrons. The number of aliphatic hydroxyl groups is 1. The number of carbonyl (C=O) groups is 1. The molecule has 0 radical (unpaired) electrons. The molecule has 1 saturated carbocycles. The van der Waals surface area contributed by atoms with Crippen molar-refractivity contribution in [3.63, 3.8) is 0 Å². The molecule has 1 aromatic rings. The average Bonchev–Trinajstić information content (AvgIpc) is 2.70. The first-order valence-electron chi connectivity index (χ1n) is 6.92. The van der Waals surface area contributed by atoms with Crippen LogP contribution in [0.1, 0.15) is 42.7 Å². The molecule has 1 heterocycles. The summed E-state index contributed by atoms with van der Waals surface area (Å²) in [7, 11) is 0. The van der Waals surface area contributed by atoms with Gasteiger partial charge in [0.1, 0.15) is 5.76 Å². The third kappa shape index (κ3) is 3.80. The van der Waals surface area contributed by atoms with Crippen molar-refractivity contribution in [1.82, 2.24) is 10.5 Å². The zero-order chi connectivity index (χ0) is 13.8. The van der Waals surface area contributed by atoms with Crippen LogP contribution in [-0.4, -0.2) is 28.8 Å². The number of nitrogens with one attached hydrogen (secondary N) is 1. The summed E-state index contributed by atoms with van der Waals surface area (Å²) in [6, 6.07) is 0. The van der Waals surface area contributed by atoms with Gasteiger partial charge in [0.25, 0.3) is 0 Å². The normalized spacial score (nSPS) is 23.3. The van der Waals surface area contributed by atoms with Crippen molar-refractivity contribution in [2.45, 2.75) is 52.1 Å². The van der Waals surface area contributed by atoms with Crippen LogP contribution in [0.3, 0.4) is 0 Å². The van der Waals surface area contributed by atoms with Crippen LogP contribution >= 0.6 is 0 Å². The molecule has 0 unspecified atom stereocenters. The highest BCUT2D eigenvalue weighted by Gasteiger charge is 2.20. The first-order chi connectivity index (χ1) is 9.06. The van der Waals surface area contributed by atoms with Gasteiger partial charge in [-0.25, -0.2) is 0 Å². The second-order valence-corrected chi connectivity index (χ2v) is 5.46. The number of hydrogen-bond donors (Lipinski definition) is 2. The molecule has 1 aromatic heterocycles. The van der Waals surface area contributed by atoms with Crippen molar-refractivity contribution >= 4 is 5.91 Å². The predicted octanol–water partition coefficient (Wildman–Crippen LogP) is 1.50. The first-order valence-corrected chi connectivity index (χ1v) is 6.92. The Morgan fingerprint density at radius 3 is 2.63 bits per heavy atom. The van der Waals surface area contributed by atoms with Gasteiger partial charge < -0.3 is 14.9 Å². The van der Waals surface area contributed by atoms with Crippen LogP contribution in [0.5, 0.6) is 0 Å². The summed E-state index contributed by atoms with van der Waals surface area (Å²) in [5.74, 6) is 1.23. The Morgan fingerprint density at radius 2 is 2.05 bits per heavy atom. The predicted molar refractivity (Wildman–Crippen MR) is 70.7 cm³/mol. The standard InChI is InChI=1S/C14H22N2O3/c1-9-13(10(2)19-16-9)7-14(18)15-8-11-3-5-12(17)6-4-11/h11-12,17H,3-8H2,1-2H3,(H,15,18). The number of aliphatic hydroxyl groups excluding tert-OH is 1. The smallest absolute Gasteiger partial charge is 0.224 e. The lowest BCUT2D eigenvalue weighted by molar-refractivity contribution is -0.120. The molecular weight excluding hydrogens is 244 g/mol. The van der Waals surface area contributed by atoms with Crippen LogP contribution in [0.25, 0.3) is 0 Å². The summed E-state index contributed by atoms with van der Waals surface area (Å²) in [6.45, 7) is 4.38. The summed E-state index contributed by atoms with van der Waals surface area (Å²) in [5.41, 5.74) is 1.67.